The van der Waals surface area contributed by atoms with Gasteiger partial charge in [-0.25, -0.2) is 15.0 Å². The molecule has 5 rings (SSSR count). The lowest BCUT2D eigenvalue weighted by atomic mass is 9.71. The first-order valence-electron chi connectivity index (χ1n) is 10.3. The normalized spacial score (nSPS) is 19.3. The van der Waals surface area contributed by atoms with E-state index < -0.39 is 0 Å². The molecule has 0 saturated carbocycles. The van der Waals surface area contributed by atoms with E-state index in [1.54, 1.807) is 24.5 Å². The van der Waals surface area contributed by atoms with Crippen molar-refractivity contribution < 1.29 is 0 Å². The number of aromatic nitrogens is 4. The molecule has 4 heterocycles. The van der Waals surface area contributed by atoms with Gasteiger partial charge >= 0.3 is 0 Å². The molecule has 7 N–H and O–H groups in total. The molecule has 2 aliphatic rings. The van der Waals surface area contributed by atoms with Crippen molar-refractivity contribution >= 4 is 40.8 Å². The number of nitrogens with two attached hydrogens (primary N) is 3. The highest BCUT2D eigenvalue weighted by molar-refractivity contribution is 7.99. The van der Waals surface area contributed by atoms with Gasteiger partial charge in [0.1, 0.15) is 16.7 Å². The number of hydrogen-bond acceptors (Lipinski definition) is 9. The Morgan fingerprint density at radius 1 is 1.16 bits per heavy atom. The molecule has 1 saturated heterocycles. The maximum atomic E-state index is 11.7. The molecule has 1 spiro atoms. The fourth-order valence-electron chi connectivity index (χ4n) is 4.77. The van der Waals surface area contributed by atoms with Crippen molar-refractivity contribution in [1.82, 2.24) is 19.9 Å². The molecule has 0 radical (unpaired) electrons. The number of nitrogens with one attached hydrogen (secondary N) is 1. The highest BCUT2D eigenvalue weighted by Crippen LogP contribution is 2.45. The van der Waals surface area contributed by atoms with Crippen molar-refractivity contribution in [1.29, 1.82) is 0 Å². The number of hydrogen-bond donors (Lipinski definition) is 4. The van der Waals surface area contributed by atoms with E-state index in [-0.39, 0.29) is 22.8 Å². The van der Waals surface area contributed by atoms with Crippen LogP contribution < -0.4 is 27.7 Å². The van der Waals surface area contributed by atoms with Crippen molar-refractivity contribution in [2.75, 3.05) is 29.5 Å². The smallest absolute Gasteiger partial charge is 0.248 e. The second-order valence-electron chi connectivity index (χ2n) is 8.20. The van der Waals surface area contributed by atoms with Crippen LogP contribution in [0.25, 0.3) is 0 Å². The van der Waals surface area contributed by atoms with Crippen molar-refractivity contribution in [2.45, 2.75) is 40.6 Å². The molecule has 3 aromatic rings. The van der Waals surface area contributed by atoms with E-state index in [9.17, 15) is 4.79 Å². The number of pyridine rings is 2. The zero-order valence-corrected chi connectivity index (χ0v) is 18.8. The van der Waals surface area contributed by atoms with Crippen LogP contribution in [0.3, 0.4) is 0 Å². The summed E-state index contributed by atoms with van der Waals surface area (Å²) in [6.45, 7) is 1.55. The van der Waals surface area contributed by atoms with Gasteiger partial charge in [-0.1, -0.05) is 29.4 Å². The van der Waals surface area contributed by atoms with E-state index in [0.717, 1.165) is 42.3 Å². The number of H-pyrrole nitrogens is 1. The number of fused-ring (bicyclic) bond motifs is 2. The Labute approximate surface area is 193 Å². The van der Waals surface area contributed by atoms with Gasteiger partial charge in [-0.2, -0.15) is 0 Å². The van der Waals surface area contributed by atoms with Crippen molar-refractivity contribution in [2.24, 2.45) is 5.73 Å². The van der Waals surface area contributed by atoms with E-state index in [4.69, 9.17) is 28.8 Å². The Hall–Kier alpha value is -2.82. The van der Waals surface area contributed by atoms with Crippen LogP contribution in [0.4, 0.5) is 17.5 Å². The topological polar surface area (TPSA) is 153 Å². The standard InChI is InChI=1S/C21H23ClN8OS/c22-17-13(3-6-26-18(17)24)32-20-19(25)29-15(10-27-20)30-7-4-21(5-8-30)11-1-2-16(31)28-12(11)9-14(21)23/h1-3,6,10,14H,4-5,7-9,23H2,(H2,24,26)(H2,25,29)(H,28,31)/t14-/m1/s1. The monoisotopic (exact) mass is 470 g/mol. The summed E-state index contributed by atoms with van der Waals surface area (Å²) in [7, 11) is 0. The number of rotatable bonds is 3. The lowest BCUT2D eigenvalue weighted by Crippen LogP contribution is -2.50. The fourth-order valence-corrected chi connectivity index (χ4v) is 5.79. The quantitative estimate of drug-likeness (QED) is 0.449. The minimum atomic E-state index is -0.122. The number of aromatic amines is 1. The molecule has 11 heteroatoms. The van der Waals surface area contributed by atoms with Gasteiger partial charge in [0.2, 0.25) is 5.56 Å². The second-order valence-corrected chi connectivity index (χ2v) is 9.61. The maximum absolute atomic E-state index is 11.7. The zero-order chi connectivity index (χ0) is 22.5. The van der Waals surface area contributed by atoms with E-state index in [1.165, 1.54) is 17.3 Å². The first-order valence-corrected chi connectivity index (χ1v) is 11.5. The van der Waals surface area contributed by atoms with Gasteiger partial charge < -0.3 is 27.1 Å². The Bertz CT molecular complexity index is 1240. The SMILES string of the molecule is Nc1nc(N2CCC3(CC2)c2ccc(=O)[nH]c2C[C@H]3N)cnc1Sc1ccnc(N)c1Cl. The van der Waals surface area contributed by atoms with Crippen LogP contribution in [-0.4, -0.2) is 39.1 Å². The van der Waals surface area contributed by atoms with Crippen molar-refractivity contribution in [3.05, 3.63) is 57.2 Å². The molecular weight excluding hydrogens is 448 g/mol. The number of anilines is 3. The molecule has 1 aliphatic heterocycles. The molecule has 0 amide bonds. The summed E-state index contributed by atoms with van der Waals surface area (Å²) < 4.78 is 0. The van der Waals surface area contributed by atoms with E-state index >= 15 is 0 Å². The minimum Gasteiger partial charge on any atom is -0.382 e. The molecule has 1 aliphatic carbocycles. The molecule has 0 unspecified atom stereocenters. The van der Waals surface area contributed by atoms with Crippen LogP contribution in [0.5, 0.6) is 0 Å². The van der Waals surface area contributed by atoms with Gasteiger partial charge in [0.15, 0.2) is 5.82 Å². The summed E-state index contributed by atoms with van der Waals surface area (Å²) in [5, 5.41) is 0.934. The number of halogens is 1. The Kier molecular flexibility index (Phi) is 5.23. The molecule has 0 bridgehead atoms. The van der Waals surface area contributed by atoms with Crippen molar-refractivity contribution in [3.63, 3.8) is 0 Å². The molecule has 32 heavy (non-hydrogen) atoms. The van der Waals surface area contributed by atoms with Gasteiger partial charge in [-0.3, -0.25) is 4.79 Å². The summed E-state index contributed by atoms with van der Waals surface area (Å²) in [5.41, 5.74) is 20.5. The number of nitrogens with zero attached hydrogens (tertiary/aromatic N) is 4. The third-order valence-corrected chi connectivity index (χ3v) is 8.07. The summed E-state index contributed by atoms with van der Waals surface area (Å²) in [6, 6.07) is 5.29. The highest BCUT2D eigenvalue weighted by atomic mass is 35.5. The second kappa shape index (κ2) is 7.95. The lowest BCUT2D eigenvalue weighted by Gasteiger charge is -2.43. The van der Waals surface area contributed by atoms with E-state index in [1.807, 2.05) is 6.07 Å². The summed E-state index contributed by atoms with van der Waals surface area (Å²) in [5.74, 6) is 1.33. The van der Waals surface area contributed by atoms with Crippen LogP contribution in [0.2, 0.25) is 5.02 Å². The maximum Gasteiger partial charge on any atom is 0.248 e. The fraction of sp³-hybridized carbons (Fsp3) is 0.333. The highest BCUT2D eigenvalue weighted by Gasteiger charge is 2.47. The lowest BCUT2D eigenvalue weighted by molar-refractivity contribution is 0.292. The third kappa shape index (κ3) is 3.48. The van der Waals surface area contributed by atoms with E-state index in [0.29, 0.717) is 22.3 Å². The largest absolute Gasteiger partial charge is 0.382 e. The average molecular weight is 471 g/mol. The molecule has 1 fully saturated rings. The Morgan fingerprint density at radius 3 is 2.69 bits per heavy atom. The van der Waals surface area contributed by atoms with E-state index in [2.05, 4.69) is 24.8 Å². The molecule has 166 valence electrons. The Morgan fingerprint density at radius 2 is 1.94 bits per heavy atom. The minimum absolute atomic E-state index is 0.00910. The molecule has 9 nitrogen and oxygen atoms in total. The third-order valence-electron chi connectivity index (χ3n) is 6.49. The molecule has 1 atom stereocenters. The molecule has 0 aromatic carbocycles. The summed E-state index contributed by atoms with van der Waals surface area (Å²) in [6.07, 6.45) is 5.77. The number of nitrogen functional groups attached to an aromatic ring is 2. The average Bonchev–Trinajstić information content (AvgIpc) is 3.03. The Balaban J connectivity index is 1.33. The van der Waals surface area contributed by atoms with Crippen LogP contribution in [0.1, 0.15) is 24.1 Å². The molecule has 3 aromatic heterocycles. The van der Waals surface area contributed by atoms with Crippen LogP contribution in [0.15, 0.2) is 45.3 Å². The predicted octanol–water partition coefficient (Wildman–Crippen LogP) is 1.95. The van der Waals surface area contributed by atoms with Gasteiger partial charge in [0.05, 0.1) is 11.2 Å². The first kappa shape index (κ1) is 21.0. The van der Waals surface area contributed by atoms with Crippen molar-refractivity contribution in [3.8, 4) is 0 Å². The van der Waals surface area contributed by atoms with Gasteiger partial charge in [0.25, 0.3) is 0 Å². The predicted molar refractivity (Wildman–Crippen MR) is 126 cm³/mol. The van der Waals surface area contributed by atoms with Crippen LogP contribution >= 0.6 is 23.4 Å². The summed E-state index contributed by atoms with van der Waals surface area (Å²) >= 11 is 7.53. The van der Waals surface area contributed by atoms with Gasteiger partial charge in [0, 0.05) is 53.8 Å². The summed E-state index contributed by atoms with van der Waals surface area (Å²) in [4.78, 5) is 30.6. The first-order chi connectivity index (χ1) is 15.4. The van der Waals surface area contributed by atoms with Crippen LogP contribution in [-0.2, 0) is 11.8 Å². The van der Waals surface area contributed by atoms with Gasteiger partial charge in [-0.05, 0) is 24.5 Å². The van der Waals surface area contributed by atoms with Gasteiger partial charge in [-0.15, -0.1) is 0 Å². The zero-order valence-electron chi connectivity index (χ0n) is 17.2. The number of piperidine rings is 1. The van der Waals surface area contributed by atoms with Crippen LogP contribution in [0, 0.1) is 0 Å². The molecular formula is C21H23ClN8OS.